The van der Waals surface area contributed by atoms with E-state index in [1.165, 1.54) is 28.6 Å². The van der Waals surface area contributed by atoms with Crippen molar-refractivity contribution >= 4 is 33.2 Å². The Hall–Kier alpha value is -2.94. The lowest BCUT2D eigenvalue weighted by molar-refractivity contribution is 0.102. The fourth-order valence-electron chi connectivity index (χ4n) is 3.12. The van der Waals surface area contributed by atoms with Gasteiger partial charge in [0.25, 0.3) is 11.5 Å². The van der Waals surface area contributed by atoms with Crippen molar-refractivity contribution in [3.63, 3.8) is 0 Å². The van der Waals surface area contributed by atoms with Gasteiger partial charge in [-0.15, -0.1) is 0 Å². The zero-order chi connectivity index (χ0) is 22.6. The number of aromatic amines is 1. The van der Waals surface area contributed by atoms with E-state index < -0.39 is 21.5 Å². The summed E-state index contributed by atoms with van der Waals surface area (Å²) >= 11 is 6.12. The highest BCUT2D eigenvalue weighted by molar-refractivity contribution is 7.89. The SMILES string of the molecule is CCN(CC)S(=O)(=O)c1cc(NC(=O)c2ccc(-c3ccccc3)[nH]c2=O)ccc1Cl. The van der Waals surface area contributed by atoms with E-state index in [2.05, 4.69) is 10.3 Å². The predicted molar refractivity (Wildman–Crippen MR) is 122 cm³/mol. The summed E-state index contributed by atoms with van der Waals surface area (Å²) in [6.07, 6.45) is 0. The number of sulfonamides is 1. The molecule has 0 radical (unpaired) electrons. The van der Waals surface area contributed by atoms with Gasteiger partial charge < -0.3 is 10.3 Å². The van der Waals surface area contributed by atoms with Crippen LogP contribution in [0, 0.1) is 0 Å². The van der Waals surface area contributed by atoms with E-state index >= 15 is 0 Å². The molecule has 3 rings (SSSR count). The Morgan fingerprint density at radius 3 is 2.32 bits per heavy atom. The number of nitrogens with zero attached hydrogens (tertiary/aromatic N) is 1. The molecule has 0 atom stereocenters. The van der Waals surface area contributed by atoms with Crippen molar-refractivity contribution in [2.24, 2.45) is 0 Å². The monoisotopic (exact) mass is 459 g/mol. The van der Waals surface area contributed by atoms with Crippen LogP contribution in [-0.2, 0) is 10.0 Å². The standard InChI is InChI=1S/C22H22ClN3O4S/c1-3-26(4-2)31(29,30)20-14-16(10-12-18(20)23)24-21(27)17-11-13-19(25-22(17)28)15-8-6-5-7-9-15/h5-14H,3-4H2,1-2H3,(H,24,27)(H,25,28). The average Bonchev–Trinajstić information content (AvgIpc) is 2.76. The van der Waals surface area contributed by atoms with Gasteiger partial charge in [0.05, 0.1) is 5.02 Å². The van der Waals surface area contributed by atoms with Crippen LogP contribution in [0.1, 0.15) is 24.2 Å². The number of H-pyrrole nitrogens is 1. The molecular formula is C22H22ClN3O4S. The molecule has 1 amide bonds. The van der Waals surface area contributed by atoms with Crippen molar-refractivity contribution < 1.29 is 13.2 Å². The lowest BCUT2D eigenvalue weighted by Gasteiger charge is -2.19. The maximum absolute atomic E-state index is 12.8. The first-order valence-electron chi connectivity index (χ1n) is 9.67. The van der Waals surface area contributed by atoms with Gasteiger partial charge in [-0.25, -0.2) is 8.42 Å². The topological polar surface area (TPSA) is 99.3 Å². The number of aromatic nitrogens is 1. The maximum Gasteiger partial charge on any atom is 0.261 e. The van der Waals surface area contributed by atoms with Crippen LogP contribution in [0.4, 0.5) is 5.69 Å². The van der Waals surface area contributed by atoms with Gasteiger partial charge in [0.15, 0.2) is 0 Å². The summed E-state index contributed by atoms with van der Waals surface area (Å²) in [6.45, 7) is 4.03. The molecule has 1 aromatic heterocycles. The van der Waals surface area contributed by atoms with E-state index in [-0.39, 0.29) is 34.3 Å². The Bertz CT molecular complexity index is 1250. The highest BCUT2D eigenvalue weighted by Gasteiger charge is 2.25. The molecule has 0 aliphatic rings. The molecule has 162 valence electrons. The number of carbonyl (C=O) groups is 1. The third-order valence-corrected chi connectivity index (χ3v) is 7.28. The minimum absolute atomic E-state index is 0.0509. The third kappa shape index (κ3) is 4.87. The molecule has 1 heterocycles. The zero-order valence-corrected chi connectivity index (χ0v) is 18.6. The Kier molecular flexibility index (Phi) is 6.94. The Labute approximate surface area is 185 Å². The van der Waals surface area contributed by atoms with Crippen LogP contribution in [-0.4, -0.2) is 36.7 Å². The second kappa shape index (κ2) is 9.47. The van der Waals surface area contributed by atoms with E-state index in [0.717, 1.165) is 5.56 Å². The number of carbonyl (C=O) groups excluding carboxylic acids is 1. The molecule has 0 unspecified atom stereocenters. The summed E-state index contributed by atoms with van der Waals surface area (Å²) in [5, 5.41) is 2.62. The Balaban J connectivity index is 1.88. The van der Waals surface area contributed by atoms with Gasteiger partial charge in [0.2, 0.25) is 10.0 Å². The Morgan fingerprint density at radius 2 is 1.71 bits per heavy atom. The van der Waals surface area contributed by atoms with E-state index in [9.17, 15) is 18.0 Å². The Morgan fingerprint density at radius 1 is 1.03 bits per heavy atom. The molecule has 0 saturated carbocycles. The molecule has 9 heteroatoms. The molecular weight excluding hydrogens is 438 g/mol. The molecule has 2 N–H and O–H groups in total. The van der Waals surface area contributed by atoms with Gasteiger partial charge in [0.1, 0.15) is 10.5 Å². The third-order valence-electron chi connectivity index (χ3n) is 4.75. The minimum atomic E-state index is -3.82. The summed E-state index contributed by atoms with van der Waals surface area (Å²) in [5.74, 6) is -0.658. The van der Waals surface area contributed by atoms with Gasteiger partial charge in [-0.1, -0.05) is 55.8 Å². The lowest BCUT2D eigenvalue weighted by Crippen LogP contribution is -2.31. The first kappa shape index (κ1) is 22.7. The second-order valence-electron chi connectivity index (χ2n) is 6.67. The number of hydrogen-bond donors (Lipinski definition) is 2. The first-order valence-corrected chi connectivity index (χ1v) is 11.5. The summed E-state index contributed by atoms with van der Waals surface area (Å²) in [5.41, 5.74) is 0.968. The van der Waals surface area contributed by atoms with Crippen LogP contribution in [0.5, 0.6) is 0 Å². The number of nitrogens with one attached hydrogen (secondary N) is 2. The van der Waals surface area contributed by atoms with Crippen LogP contribution < -0.4 is 10.9 Å². The van der Waals surface area contributed by atoms with Gasteiger partial charge in [-0.2, -0.15) is 4.31 Å². The number of rotatable bonds is 7. The highest BCUT2D eigenvalue weighted by atomic mass is 35.5. The fourth-order valence-corrected chi connectivity index (χ4v) is 5.08. The average molecular weight is 460 g/mol. The predicted octanol–water partition coefficient (Wildman–Crippen LogP) is 3.98. The number of halogens is 1. The van der Waals surface area contributed by atoms with Crippen LogP contribution >= 0.6 is 11.6 Å². The zero-order valence-electron chi connectivity index (χ0n) is 17.1. The molecule has 7 nitrogen and oxygen atoms in total. The van der Waals surface area contributed by atoms with Crippen molar-refractivity contribution in [1.29, 1.82) is 0 Å². The van der Waals surface area contributed by atoms with Gasteiger partial charge >= 0.3 is 0 Å². The van der Waals surface area contributed by atoms with Crippen molar-refractivity contribution in [1.82, 2.24) is 9.29 Å². The quantitative estimate of drug-likeness (QED) is 0.558. The van der Waals surface area contributed by atoms with Gasteiger partial charge in [-0.05, 0) is 35.9 Å². The summed E-state index contributed by atoms with van der Waals surface area (Å²) in [6, 6.07) is 16.5. The normalized spacial score (nSPS) is 11.5. The fraction of sp³-hybridized carbons (Fsp3) is 0.182. The second-order valence-corrected chi connectivity index (χ2v) is 8.98. The summed E-state index contributed by atoms with van der Waals surface area (Å²) < 4.78 is 26.9. The molecule has 31 heavy (non-hydrogen) atoms. The van der Waals surface area contributed by atoms with E-state index in [1.807, 2.05) is 30.3 Å². The largest absolute Gasteiger partial charge is 0.322 e. The van der Waals surface area contributed by atoms with Crippen LogP contribution in [0.15, 0.2) is 70.4 Å². The van der Waals surface area contributed by atoms with Crippen molar-refractivity contribution in [2.45, 2.75) is 18.7 Å². The van der Waals surface area contributed by atoms with E-state index in [0.29, 0.717) is 5.69 Å². The summed E-state index contributed by atoms with van der Waals surface area (Å²) in [7, 11) is -3.82. The smallest absolute Gasteiger partial charge is 0.261 e. The van der Waals surface area contributed by atoms with Gasteiger partial charge in [0, 0.05) is 24.5 Å². The molecule has 0 spiro atoms. The highest BCUT2D eigenvalue weighted by Crippen LogP contribution is 2.28. The van der Waals surface area contributed by atoms with E-state index in [1.54, 1.807) is 19.9 Å². The molecule has 2 aromatic carbocycles. The number of hydrogen-bond acceptors (Lipinski definition) is 4. The van der Waals surface area contributed by atoms with Crippen molar-refractivity contribution in [3.05, 3.63) is 81.6 Å². The molecule has 3 aromatic rings. The first-order chi connectivity index (χ1) is 14.8. The number of amides is 1. The van der Waals surface area contributed by atoms with Gasteiger partial charge in [-0.3, -0.25) is 9.59 Å². The number of anilines is 1. The van der Waals surface area contributed by atoms with Crippen LogP contribution in [0.25, 0.3) is 11.3 Å². The molecule has 0 aliphatic heterocycles. The van der Waals surface area contributed by atoms with Crippen LogP contribution in [0.2, 0.25) is 5.02 Å². The maximum atomic E-state index is 12.8. The molecule has 0 aliphatic carbocycles. The summed E-state index contributed by atoms with van der Waals surface area (Å²) in [4.78, 5) is 27.7. The minimum Gasteiger partial charge on any atom is -0.322 e. The number of pyridine rings is 1. The number of benzene rings is 2. The molecule has 0 fully saturated rings. The molecule has 0 bridgehead atoms. The molecule has 0 saturated heterocycles. The van der Waals surface area contributed by atoms with Crippen LogP contribution in [0.3, 0.4) is 0 Å². The lowest BCUT2D eigenvalue weighted by atomic mass is 10.1. The van der Waals surface area contributed by atoms with Crippen molar-refractivity contribution in [3.8, 4) is 11.3 Å². The van der Waals surface area contributed by atoms with Crippen molar-refractivity contribution in [2.75, 3.05) is 18.4 Å². The van der Waals surface area contributed by atoms with E-state index in [4.69, 9.17) is 11.6 Å².